The summed E-state index contributed by atoms with van der Waals surface area (Å²) in [6, 6.07) is 12.7. The van der Waals surface area contributed by atoms with Crippen molar-refractivity contribution in [3.8, 4) is 5.69 Å². The van der Waals surface area contributed by atoms with E-state index in [1.54, 1.807) is 24.5 Å². The monoisotopic (exact) mass is 315 g/mol. The Morgan fingerprint density at radius 3 is 2.68 bits per heavy atom. The molecule has 2 aromatic heterocycles. The molecule has 0 saturated heterocycles. The molecule has 6 heteroatoms. The van der Waals surface area contributed by atoms with Gasteiger partial charge in [0.2, 0.25) is 0 Å². The van der Waals surface area contributed by atoms with Crippen LogP contribution in [-0.4, -0.2) is 9.78 Å². The van der Waals surface area contributed by atoms with E-state index < -0.39 is 0 Å². The van der Waals surface area contributed by atoms with Gasteiger partial charge in [0.25, 0.3) is 5.56 Å². The summed E-state index contributed by atoms with van der Waals surface area (Å²) >= 11 is 6.19. The number of rotatable bonds is 4. The smallest absolute Gasteiger partial charge is 0.292 e. The second-order valence-corrected chi connectivity index (χ2v) is 5.18. The van der Waals surface area contributed by atoms with Gasteiger partial charge < -0.3 is 9.73 Å². The lowest BCUT2D eigenvalue weighted by atomic mass is 10.2. The van der Waals surface area contributed by atoms with Crippen LogP contribution in [0.25, 0.3) is 5.69 Å². The predicted octanol–water partition coefficient (Wildman–Crippen LogP) is 3.65. The fourth-order valence-corrected chi connectivity index (χ4v) is 2.31. The van der Waals surface area contributed by atoms with Crippen LogP contribution < -0.4 is 10.9 Å². The lowest BCUT2D eigenvalue weighted by Gasteiger charge is -2.14. The Morgan fingerprint density at radius 2 is 2.00 bits per heavy atom. The average molecular weight is 316 g/mol. The summed E-state index contributed by atoms with van der Waals surface area (Å²) in [4.78, 5) is 12.4. The Hall–Kier alpha value is -2.53. The van der Waals surface area contributed by atoms with Crippen LogP contribution in [0.3, 0.4) is 0 Å². The van der Waals surface area contributed by atoms with Gasteiger partial charge in [-0.1, -0.05) is 29.8 Å². The Balaban J connectivity index is 1.92. The zero-order chi connectivity index (χ0) is 15.5. The van der Waals surface area contributed by atoms with Crippen LogP contribution >= 0.6 is 11.6 Å². The zero-order valence-electron chi connectivity index (χ0n) is 11.9. The highest BCUT2D eigenvalue weighted by Gasteiger charge is 2.14. The van der Waals surface area contributed by atoms with Crippen molar-refractivity contribution < 1.29 is 4.42 Å². The number of nitrogens with one attached hydrogen (secondary N) is 1. The summed E-state index contributed by atoms with van der Waals surface area (Å²) < 4.78 is 6.59. The Morgan fingerprint density at radius 1 is 1.23 bits per heavy atom. The van der Waals surface area contributed by atoms with Crippen LogP contribution in [-0.2, 0) is 0 Å². The summed E-state index contributed by atoms with van der Waals surface area (Å²) in [5.41, 5.74) is 0.771. The van der Waals surface area contributed by atoms with Gasteiger partial charge in [0, 0.05) is 0 Å². The van der Waals surface area contributed by atoms with E-state index in [1.165, 1.54) is 10.9 Å². The number of anilines is 1. The number of para-hydroxylation sites is 1. The highest BCUT2D eigenvalue weighted by molar-refractivity contribution is 6.32. The van der Waals surface area contributed by atoms with Gasteiger partial charge in [-0.3, -0.25) is 4.79 Å². The number of halogens is 1. The molecule has 1 N–H and O–H groups in total. The first-order valence-corrected chi connectivity index (χ1v) is 7.18. The minimum absolute atomic E-state index is 0.0947. The first-order chi connectivity index (χ1) is 10.7. The van der Waals surface area contributed by atoms with Crippen molar-refractivity contribution >= 4 is 17.3 Å². The molecular weight excluding hydrogens is 302 g/mol. The quantitative estimate of drug-likeness (QED) is 0.798. The lowest BCUT2D eigenvalue weighted by Crippen LogP contribution is -2.23. The molecule has 3 aromatic rings. The molecule has 0 aliphatic heterocycles. The minimum atomic E-state index is -0.371. The molecule has 0 spiro atoms. The second-order valence-electron chi connectivity index (χ2n) is 4.81. The van der Waals surface area contributed by atoms with E-state index in [4.69, 9.17) is 16.0 Å². The summed E-state index contributed by atoms with van der Waals surface area (Å²) in [5.74, 6) is 0.753. The average Bonchev–Trinajstić information content (AvgIpc) is 3.07. The van der Waals surface area contributed by atoms with E-state index in [9.17, 15) is 4.79 Å². The molecule has 0 radical (unpaired) electrons. The van der Waals surface area contributed by atoms with Gasteiger partial charge in [-0.25, -0.2) is 0 Å². The number of nitrogens with zero attached hydrogens (tertiary/aromatic N) is 2. The third-order valence-electron chi connectivity index (χ3n) is 3.26. The highest BCUT2D eigenvalue weighted by Crippen LogP contribution is 2.23. The van der Waals surface area contributed by atoms with E-state index in [2.05, 4.69) is 10.4 Å². The number of hydrogen-bond donors (Lipinski definition) is 1. The van der Waals surface area contributed by atoms with E-state index in [0.29, 0.717) is 11.4 Å². The van der Waals surface area contributed by atoms with Gasteiger partial charge in [0.15, 0.2) is 0 Å². The molecule has 1 aromatic carbocycles. The standard InChI is InChI=1S/C16H14ClN3O2/c1-11(14-8-5-9-22-14)19-13-10-18-20(16(21)15(13)17)12-6-3-2-4-7-12/h2-11,19H,1H3/t11-/m1/s1. The van der Waals surface area contributed by atoms with E-state index >= 15 is 0 Å². The van der Waals surface area contributed by atoms with Gasteiger partial charge in [-0.15, -0.1) is 0 Å². The van der Waals surface area contributed by atoms with Crippen LogP contribution in [0.1, 0.15) is 18.7 Å². The topological polar surface area (TPSA) is 60.1 Å². The summed E-state index contributed by atoms with van der Waals surface area (Å²) in [5, 5.41) is 7.40. The molecule has 0 unspecified atom stereocenters. The van der Waals surface area contributed by atoms with Crippen molar-refractivity contribution in [1.29, 1.82) is 0 Å². The predicted molar refractivity (Wildman–Crippen MR) is 85.6 cm³/mol. The fraction of sp³-hybridized carbons (Fsp3) is 0.125. The SMILES string of the molecule is C[C@@H](Nc1cnn(-c2ccccc2)c(=O)c1Cl)c1ccco1. The molecule has 0 amide bonds. The van der Waals surface area contributed by atoms with Crippen molar-refractivity contribution in [2.75, 3.05) is 5.32 Å². The van der Waals surface area contributed by atoms with Crippen LogP contribution in [0.2, 0.25) is 5.02 Å². The van der Waals surface area contributed by atoms with Gasteiger partial charge in [-0.2, -0.15) is 9.78 Å². The van der Waals surface area contributed by atoms with Crippen molar-refractivity contribution in [2.45, 2.75) is 13.0 Å². The molecule has 0 aliphatic rings. The van der Waals surface area contributed by atoms with E-state index in [-0.39, 0.29) is 16.6 Å². The molecule has 2 heterocycles. The molecule has 3 rings (SSSR count). The number of furan rings is 1. The normalized spacial score (nSPS) is 12.1. The van der Waals surface area contributed by atoms with Gasteiger partial charge >= 0.3 is 0 Å². The van der Waals surface area contributed by atoms with Crippen molar-refractivity contribution in [1.82, 2.24) is 9.78 Å². The van der Waals surface area contributed by atoms with Crippen molar-refractivity contribution in [3.63, 3.8) is 0 Å². The number of benzene rings is 1. The zero-order valence-corrected chi connectivity index (χ0v) is 12.6. The van der Waals surface area contributed by atoms with Crippen LogP contribution in [0.4, 0.5) is 5.69 Å². The van der Waals surface area contributed by atoms with Crippen LogP contribution in [0.15, 0.2) is 64.1 Å². The molecule has 22 heavy (non-hydrogen) atoms. The third kappa shape index (κ3) is 2.76. The van der Waals surface area contributed by atoms with E-state index in [1.807, 2.05) is 31.2 Å². The maximum absolute atomic E-state index is 12.4. The fourth-order valence-electron chi connectivity index (χ4n) is 2.13. The molecular formula is C16H14ClN3O2. The summed E-state index contributed by atoms with van der Waals surface area (Å²) in [7, 11) is 0. The Kier molecular flexibility index (Phi) is 3.98. The van der Waals surface area contributed by atoms with Crippen molar-refractivity contribution in [2.24, 2.45) is 0 Å². The molecule has 0 bridgehead atoms. The van der Waals surface area contributed by atoms with Crippen molar-refractivity contribution in [3.05, 3.63) is 76.1 Å². The molecule has 112 valence electrons. The van der Waals surface area contributed by atoms with Gasteiger partial charge in [0.05, 0.1) is 29.9 Å². The van der Waals surface area contributed by atoms with Gasteiger partial charge in [-0.05, 0) is 31.2 Å². The van der Waals surface area contributed by atoms with Gasteiger partial charge in [0.1, 0.15) is 10.8 Å². The Bertz CT molecular complexity index is 813. The summed E-state index contributed by atoms with van der Waals surface area (Å²) in [6.07, 6.45) is 3.14. The number of hydrogen-bond acceptors (Lipinski definition) is 4. The molecule has 5 nitrogen and oxygen atoms in total. The largest absolute Gasteiger partial charge is 0.467 e. The maximum Gasteiger partial charge on any atom is 0.292 e. The molecule has 0 aliphatic carbocycles. The minimum Gasteiger partial charge on any atom is -0.467 e. The van der Waals surface area contributed by atoms with E-state index in [0.717, 1.165) is 5.76 Å². The molecule has 0 fully saturated rings. The maximum atomic E-state index is 12.4. The second kappa shape index (κ2) is 6.07. The first-order valence-electron chi connectivity index (χ1n) is 6.80. The number of aromatic nitrogens is 2. The molecule has 1 atom stereocenters. The third-order valence-corrected chi connectivity index (χ3v) is 3.63. The summed E-state index contributed by atoms with van der Waals surface area (Å²) in [6.45, 7) is 1.91. The highest BCUT2D eigenvalue weighted by atomic mass is 35.5. The first kappa shape index (κ1) is 14.4. The van der Waals surface area contributed by atoms with Crippen LogP contribution in [0.5, 0.6) is 0 Å². The lowest BCUT2D eigenvalue weighted by molar-refractivity contribution is 0.490. The Labute approximate surface area is 132 Å². The van der Waals surface area contributed by atoms with Crippen LogP contribution in [0, 0.1) is 0 Å². The molecule has 0 saturated carbocycles.